The Balaban J connectivity index is 2.24. The van der Waals surface area contributed by atoms with E-state index in [1.165, 1.54) is 36.1 Å². The number of alkyl halides is 3. The maximum absolute atomic E-state index is 13.4. The largest absolute Gasteiger partial charge is 0.417 e. The molecule has 1 aromatic heterocycles. The van der Waals surface area contributed by atoms with E-state index in [1.807, 2.05) is 0 Å². The summed E-state index contributed by atoms with van der Waals surface area (Å²) < 4.78 is 52.5. The van der Waals surface area contributed by atoms with E-state index in [2.05, 4.69) is 22.2 Å². The van der Waals surface area contributed by atoms with Gasteiger partial charge in [0.1, 0.15) is 18.0 Å². The Morgan fingerprint density at radius 1 is 1.07 bits per heavy atom. The van der Waals surface area contributed by atoms with Crippen LogP contribution in [0.3, 0.4) is 0 Å². The molecule has 2 rings (SSSR count). The van der Waals surface area contributed by atoms with Gasteiger partial charge in [0.05, 0.1) is 5.56 Å². The molecular weight excluding hydrogens is 548 g/mol. The van der Waals surface area contributed by atoms with E-state index in [1.54, 1.807) is 0 Å². The van der Waals surface area contributed by atoms with Crippen LogP contribution in [0.2, 0.25) is 0 Å². The van der Waals surface area contributed by atoms with Crippen LogP contribution in [0, 0.1) is 5.92 Å². The lowest BCUT2D eigenvalue weighted by atomic mass is 9.98. The molecular formula is C27H34F4N6O4. The molecule has 0 saturated heterocycles. The average molecular weight is 583 g/mol. The van der Waals surface area contributed by atoms with Crippen LogP contribution in [-0.4, -0.2) is 64.9 Å². The summed E-state index contributed by atoms with van der Waals surface area (Å²) in [4.78, 5) is 43.8. The molecule has 0 spiro atoms. The number of carbonyl (C=O) groups excluding carboxylic acids is 3. The van der Waals surface area contributed by atoms with E-state index >= 15 is 0 Å². The number of hydrogen-bond donors (Lipinski definition) is 5. The van der Waals surface area contributed by atoms with Crippen molar-refractivity contribution in [2.24, 2.45) is 17.4 Å². The fourth-order valence-corrected chi connectivity index (χ4v) is 3.83. The van der Waals surface area contributed by atoms with Crippen molar-refractivity contribution >= 4 is 23.5 Å². The summed E-state index contributed by atoms with van der Waals surface area (Å²) in [7, 11) is 0. The number of halogens is 4. The van der Waals surface area contributed by atoms with Gasteiger partial charge in [0.25, 0.3) is 0 Å². The van der Waals surface area contributed by atoms with E-state index in [9.17, 15) is 37.1 Å². The second-order valence-electron chi connectivity index (χ2n) is 9.32. The van der Waals surface area contributed by atoms with Crippen molar-refractivity contribution in [3.05, 3.63) is 71.6 Å². The summed E-state index contributed by atoms with van der Waals surface area (Å²) in [6, 6.07) is 4.48. The average Bonchev–Trinajstić information content (AvgIpc) is 2.93. The first-order valence-corrected chi connectivity index (χ1v) is 12.7. The third kappa shape index (κ3) is 9.92. The number of carbonyl (C=O) groups is 3. The number of rotatable bonds is 14. The number of aromatic nitrogens is 1. The van der Waals surface area contributed by atoms with Crippen molar-refractivity contribution in [1.82, 2.24) is 20.5 Å². The Morgan fingerprint density at radius 2 is 1.68 bits per heavy atom. The highest BCUT2D eigenvalue weighted by Gasteiger charge is 2.33. The number of nitrogens with two attached hydrogens (primary N) is 2. The third-order valence-corrected chi connectivity index (χ3v) is 6.13. The van der Waals surface area contributed by atoms with Gasteiger partial charge in [-0.05, 0) is 17.2 Å². The number of hydrogen-bond acceptors (Lipinski definition) is 7. The minimum atomic E-state index is -4.64. The molecule has 3 atom stereocenters. The lowest BCUT2D eigenvalue weighted by Gasteiger charge is -2.26. The van der Waals surface area contributed by atoms with Crippen molar-refractivity contribution in [3.8, 4) is 0 Å². The Kier molecular flexibility index (Phi) is 12.4. The van der Waals surface area contributed by atoms with Crippen LogP contribution in [0.15, 0.2) is 49.3 Å². The lowest BCUT2D eigenvalue weighted by molar-refractivity contribution is -0.138. The van der Waals surface area contributed by atoms with Gasteiger partial charge in [-0.1, -0.05) is 37.8 Å². The van der Waals surface area contributed by atoms with Gasteiger partial charge in [0.15, 0.2) is 0 Å². The van der Waals surface area contributed by atoms with Crippen LogP contribution in [0.25, 0.3) is 5.83 Å². The van der Waals surface area contributed by atoms with E-state index in [4.69, 9.17) is 11.5 Å². The number of pyridine rings is 1. The molecule has 224 valence electrons. The molecule has 1 aromatic carbocycles. The summed E-state index contributed by atoms with van der Waals surface area (Å²) in [5.41, 5.74) is 10.3. The third-order valence-electron chi connectivity index (χ3n) is 6.13. The van der Waals surface area contributed by atoms with Gasteiger partial charge in [0, 0.05) is 63.0 Å². The molecule has 0 aliphatic carbocycles. The van der Waals surface area contributed by atoms with Gasteiger partial charge in [-0.15, -0.1) is 0 Å². The molecule has 0 saturated carbocycles. The zero-order valence-electron chi connectivity index (χ0n) is 22.5. The van der Waals surface area contributed by atoms with Crippen LogP contribution in [0.1, 0.15) is 41.7 Å². The number of nitrogens with zero attached hydrogens (tertiary/aromatic N) is 2. The molecule has 2 aromatic rings. The second-order valence-corrected chi connectivity index (χ2v) is 9.32. The molecule has 14 heteroatoms. The van der Waals surface area contributed by atoms with Crippen molar-refractivity contribution < 1.29 is 37.1 Å². The van der Waals surface area contributed by atoms with E-state index in [0.29, 0.717) is 6.20 Å². The predicted octanol–water partition coefficient (Wildman–Crippen LogP) is 1.65. The van der Waals surface area contributed by atoms with Crippen LogP contribution < -0.4 is 22.1 Å². The molecule has 3 unspecified atom stereocenters. The van der Waals surface area contributed by atoms with Crippen LogP contribution in [0.4, 0.5) is 17.6 Å². The van der Waals surface area contributed by atoms with Gasteiger partial charge < -0.3 is 32.1 Å². The highest BCUT2D eigenvalue weighted by molar-refractivity contribution is 5.91. The van der Waals surface area contributed by atoms with Crippen molar-refractivity contribution in [2.75, 3.05) is 26.2 Å². The quantitative estimate of drug-likeness (QED) is 0.212. The van der Waals surface area contributed by atoms with Crippen LogP contribution in [-0.2, 0) is 27.1 Å². The van der Waals surface area contributed by atoms with Crippen molar-refractivity contribution in [1.29, 1.82) is 0 Å². The van der Waals surface area contributed by atoms with Crippen LogP contribution >= 0.6 is 0 Å². The first kappa shape index (κ1) is 33.3. The maximum Gasteiger partial charge on any atom is 0.417 e. The zero-order chi connectivity index (χ0) is 30.7. The predicted molar refractivity (Wildman–Crippen MR) is 143 cm³/mol. The molecule has 0 aliphatic rings. The fourth-order valence-electron chi connectivity index (χ4n) is 3.83. The molecule has 41 heavy (non-hydrogen) atoms. The zero-order valence-corrected chi connectivity index (χ0v) is 22.5. The van der Waals surface area contributed by atoms with Crippen LogP contribution in [0.5, 0.6) is 0 Å². The molecule has 0 aliphatic heterocycles. The standard InChI is InChI=1S/C27H34F4N6O4/c1-16(11-22(38)37(9-7-32)10-8-33)25(40)36-23(24(39)20-5-3-19(4-6-20)17(2)28)26(41)35-14-18-12-21(15-34-13-18)27(29,30)31/h3-6,12-13,15-16,23-24,39H,2,7-11,14,32-33H2,1H3,(H,35,41)(H,36,40). The number of nitrogens with one attached hydrogen (secondary N) is 2. The smallest absolute Gasteiger partial charge is 0.386 e. The SMILES string of the molecule is C=C(F)c1ccc(C(O)C(NC(=O)C(C)CC(=O)N(CCN)CCN)C(=O)NCc2cncc(C(F)(F)F)c2)cc1. The van der Waals surface area contributed by atoms with Gasteiger partial charge >= 0.3 is 6.18 Å². The molecule has 1 heterocycles. The van der Waals surface area contributed by atoms with Gasteiger partial charge in [0.2, 0.25) is 17.7 Å². The van der Waals surface area contributed by atoms with Gasteiger partial charge in [-0.2, -0.15) is 13.2 Å². The summed E-state index contributed by atoms with van der Waals surface area (Å²) in [6.45, 7) is 5.10. The molecule has 7 N–H and O–H groups in total. The van der Waals surface area contributed by atoms with Crippen molar-refractivity contribution in [2.45, 2.75) is 38.2 Å². The van der Waals surface area contributed by atoms with Gasteiger partial charge in [-0.3, -0.25) is 19.4 Å². The summed E-state index contributed by atoms with van der Waals surface area (Å²) in [5.74, 6) is -3.71. The normalized spacial score (nSPS) is 13.6. The lowest BCUT2D eigenvalue weighted by Crippen LogP contribution is -2.51. The minimum absolute atomic E-state index is 0.0254. The maximum atomic E-state index is 13.4. The highest BCUT2D eigenvalue weighted by atomic mass is 19.4. The summed E-state index contributed by atoms with van der Waals surface area (Å²) in [5, 5.41) is 15.8. The Labute approximate surface area is 234 Å². The van der Waals surface area contributed by atoms with Crippen molar-refractivity contribution in [3.63, 3.8) is 0 Å². The number of aliphatic hydroxyl groups excluding tert-OH is 1. The topological polar surface area (TPSA) is 164 Å². The first-order chi connectivity index (χ1) is 19.3. The summed E-state index contributed by atoms with van der Waals surface area (Å²) in [6.07, 6.45) is -4.76. The fraction of sp³-hybridized carbons (Fsp3) is 0.407. The molecule has 0 fully saturated rings. The van der Waals surface area contributed by atoms with E-state index in [-0.39, 0.29) is 55.2 Å². The highest BCUT2D eigenvalue weighted by Crippen LogP contribution is 2.29. The molecule has 10 nitrogen and oxygen atoms in total. The second kappa shape index (κ2) is 15.2. The first-order valence-electron chi connectivity index (χ1n) is 12.7. The van der Waals surface area contributed by atoms with E-state index in [0.717, 1.165) is 12.3 Å². The van der Waals surface area contributed by atoms with Gasteiger partial charge in [-0.25, -0.2) is 4.39 Å². The van der Waals surface area contributed by atoms with E-state index < -0.39 is 54.0 Å². The Morgan fingerprint density at radius 3 is 2.22 bits per heavy atom. The summed E-state index contributed by atoms with van der Waals surface area (Å²) >= 11 is 0. The Hall–Kier alpha value is -3.88. The number of benzene rings is 1. The molecule has 0 bridgehead atoms. The minimum Gasteiger partial charge on any atom is -0.386 e. The number of amides is 3. The monoisotopic (exact) mass is 582 g/mol. The number of aliphatic hydroxyl groups is 1. The molecule has 0 radical (unpaired) electrons. The Bertz CT molecular complexity index is 1200. The molecule has 3 amide bonds.